The van der Waals surface area contributed by atoms with Crippen molar-refractivity contribution < 1.29 is 14.3 Å². The fourth-order valence-corrected chi connectivity index (χ4v) is 3.34. The Balaban J connectivity index is 1.46. The minimum atomic E-state index is -0.0375. The minimum absolute atomic E-state index is 0.0174. The van der Waals surface area contributed by atoms with E-state index in [1.54, 1.807) is 19.2 Å². The van der Waals surface area contributed by atoms with Gasteiger partial charge in [-0.1, -0.05) is 31.2 Å². The number of anilines is 1. The Kier molecular flexibility index (Phi) is 5.62. The van der Waals surface area contributed by atoms with Crippen molar-refractivity contribution in [2.45, 2.75) is 13.5 Å². The first-order chi connectivity index (χ1) is 14.1. The molecule has 1 unspecified atom stereocenters. The van der Waals surface area contributed by atoms with Crippen molar-refractivity contribution in [1.82, 2.24) is 10.3 Å². The Morgan fingerprint density at radius 3 is 2.76 bits per heavy atom. The predicted molar refractivity (Wildman–Crippen MR) is 113 cm³/mol. The molecular weight excluding hydrogens is 366 g/mol. The summed E-state index contributed by atoms with van der Waals surface area (Å²) >= 11 is 0. The summed E-state index contributed by atoms with van der Waals surface area (Å²) in [7, 11) is 1.60. The van der Waals surface area contributed by atoms with Gasteiger partial charge in [0.05, 0.1) is 18.3 Å². The number of carbonyl (C=O) groups excluding carboxylic acids is 1. The summed E-state index contributed by atoms with van der Waals surface area (Å²) < 4.78 is 11.4. The zero-order chi connectivity index (χ0) is 20.2. The predicted octanol–water partition coefficient (Wildman–Crippen LogP) is 3.62. The summed E-state index contributed by atoms with van der Waals surface area (Å²) in [5.74, 6) is 1.55. The van der Waals surface area contributed by atoms with Crippen molar-refractivity contribution in [2.75, 3.05) is 25.5 Å². The molecule has 1 aliphatic rings. The number of rotatable bonds is 7. The van der Waals surface area contributed by atoms with Gasteiger partial charge >= 0.3 is 0 Å². The van der Waals surface area contributed by atoms with Crippen molar-refractivity contribution in [3.63, 3.8) is 0 Å². The van der Waals surface area contributed by atoms with Crippen LogP contribution in [0.15, 0.2) is 54.6 Å². The van der Waals surface area contributed by atoms with Crippen LogP contribution in [0.5, 0.6) is 11.5 Å². The number of nitrogens with one attached hydrogen (secondary N) is 2. The quantitative estimate of drug-likeness (QED) is 0.644. The number of nitrogens with zero attached hydrogens (tertiary/aromatic N) is 1. The van der Waals surface area contributed by atoms with E-state index < -0.39 is 0 Å². The number of carbonyl (C=O) groups is 1. The summed E-state index contributed by atoms with van der Waals surface area (Å²) in [6, 6.07) is 17.4. The van der Waals surface area contributed by atoms with Crippen molar-refractivity contribution in [3.05, 3.63) is 60.3 Å². The number of aromatic nitrogens is 1. The van der Waals surface area contributed by atoms with Crippen molar-refractivity contribution in [2.24, 2.45) is 11.8 Å². The third kappa shape index (κ3) is 4.32. The van der Waals surface area contributed by atoms with Crippen molar-refractivity contribution in [3.8, 4) is 11.5 Å². The first-order valence-electron chi connectivity index (χ1n) is 9.81. The number of amides is 1. The number of hydrogen-bond acceptors (Lipinski definition) is 5. The fourth-order valence-electron chi connectivity index (χ4n) is 3.34. The molecule has 0 saturated carbocycles. The monoisotopic (exact) mass is 391 g/mol. The van der Waals surface area contributed by atoms with E-state index in [0.29, 0.717) is 29.7 Å². The lowest BCUT2D eigenvalue weighted by atomic mass is 9.88. The first kappa shape index (κ1) is 19.2. The molecule has 4 rings (SSSR count). The summed E-state index contributed by atoms with van der Waals surface area (Å²) in [6.45, 7) is 4.06. The molecule has 6 nitrogen and oxygen atoms in total. The van der Waals surface area contributed by atoms with Gasteiger partial charge in [0.15, 0.2) is 11.5 Å². The van der Waals surface area contributed by atoms with Crippen LogP contribution in [0.1, 0.15) is 12.6 Å². The highest BCUT2D eigenvalue weighted by Crippen LogP contribution is 2.31. The second kappa shape index (κ2) is 8.49. The molecule has 1 atom stereocenters. The molecule has 1 fully saturated rings. The summed E-state index contributed by atoms with van der Waals surface area (Å²) in [5.41, 5.74) is 2.45. The number of para-hydroxylation sites is 1. The lowest BCUT2D eigenvalue weighted by Crippen LogP contribution is -2.48. The highest BCUT2D eigenvalue weighted by molar-refractivity contribution is 5.93. The Labute approximate surface area is 170 Å². The van der Waals surface area contributed by atoms with E-state index in [1.165, 1.54) is 0 Å². The SMILES string of the molecule is COc1ccc(NC(=O)C(C)C2CNC2)cc1OCc1ccc2ccccc2n1. The Morgan fingerprint density at radius 2 is 2.00 bits per heavy atom. The van der Waals surface area contributed by atoms with Gasteiger partial charge < -0.3 is 20.1 Å². The zero-order valence-corrected chi connectivity index (χ0v) is 16.6. The van der Waals surface area contributed by atoms with E-state index in [-0.39, 0.29) is 11.8 Å². The van der Waals surface area contributed by atoms with E-state index in [4.69, 9.17) is 9.47 Å². The van der Waals surface area contributed by atoms with E-state index in [1.807, 2.05) is 49.4 Å². The number of benzene rings is 2. The highest BCUT2D eigenvalue weighted by Gasteiger charge is 2.28. The van der Waals surface area contributed by atoms with Crippen LogP contribution in [-0.4, -0.2) is 31.1 Å². The average Bonchev–Trinajstić information content (AvgIpc) is 2.71. The van der Waals surface area contributed by atoms with Gasteiger partial charge in [0, 0.05) is 23.1 Å². The maximum absolute atomic E-state index is 12.5. The fraction of sp³-hybridized carbons (Fsp3) is 0.304. The smallest absolute Gasteiger partial charge is 0.227 e. The second-order valence-corrected chi connectivity index (χ2v) is 7.35. The van der Waals surface area contributed by atoms with E-state index in [2.05, 4.69) is 15.6 Å². The molecule has 0 spiro atoms. The van der Waals surface area contributed by atoms with Crippen LogP contribution >= 0.6 is 0 Å². The molecule has 150 valence electrons. The van der Waals surface area contributed by atoms with Gasteiger partial charge in [-0.3, -0.25) is 4.79 Å². The van der Waals surface area contributed by atoms with E-state index in [0.717, 1.165) is 29.7 Å². The van der Waals surface area contributed by atoms with Gasteiger partial charge in [0.1, 0.15) is 6.61 Å². The van der Waals surface area contributed by atoms with Crippen LogP contribution in [0, 0.1) is 11.8 Å². The summed E-state index contributed by atoms with van der Waals surface area (Å²) in [6.07, 6.45) is 0. The molecule has 1 aliphatic heterocycles. The number of ether oxygens (including phenoxy) is 2. The van der Waals surface area contributed by atoms with Gasteiger partial charge in [0.25, 0.3) is 0 Å². The van der Waals surface area contributed by atoms with Crippen LogP contribution in [0.2, 0.25) is 0 Å². The number of pyridine rings is 1. The maximum atomic E-state index is 12.5. The van der Waals surface area contributed by atoms with Gasteiger partial charge in [0.2, 0.25) is 5.91 Å². The highest BCUT2D eigenvalue weighted by atomic mass is 16.5. The molecule has 2 aromatic carbocycles. The van der Waals surface area contributed by atoms with E-state index >= 15 is 0 Å². The second-order valence-electron chi connectivity index (χ2n) is 7.35. The summed E-state index contributed by atoms with van der Waals surface area (Å²) in [5, 5.41) is 7.28. The number of methoxy groups -OCH3 is 1. The molecule has 1 aromatic heterocycles. The molecule has 2 N–H and O–H groups in total. The molecule has 3 aromatic rings. The molecule has 6 heteroatoms. The minimum Gasteiger partial charge on any atom is -0.493 e. The van der Waals surface area contributed by atoms with Gasteiger partial charge in [-0.15, -0.1) is 0 Å². The lowest BCUT2D eigenvalue weighted by molar-refractivity contribution is -0.121. The molecule has 0 bridgehead atoms. The molecule has 2 heterocycles. The third-order valence-electron chi connectivity index (χ3n) is 5.40. The molecule has 0 radical (unpaired) electrons. The molecule has 0 aliphatic carbocycles. The van der Waals surface area contributed by atoms with Crippen LogP contribution in [0.3, 0.4) is 0 Å². The van der Waals surface area contributed by atoms with Crippen molar-refractivity contribution in [1.29, 1.82) is 0 Å². The third-order valence-corrected chi connectivity index (χ3v) is 5.40. The average molecular weight is 391 g/mol. The van der Waals surface area contributed by atoms with Crippen molar-refractivity contribution >= 4 is 22.5 Å². The standard InChI is InChI=1S/C23H25N3O3/c1-15(17-12-24-13-17)23(27)26-18-9-10-21(28-2)22(11-18)29-14-19-8-7-16-5-3-4-6-20(16)25-19/h3-11,15,17,24H,12-14H2,1-2H3,(H,26,27). The zero-order valence-electron chi connectivity index (χ0n) is 16.6. The van der Waals surface area contributed by atoms with Crippen LogP contribution in [0.25, 0.3) is 10.9 Å². The normalized spacial score (nSPS) is 14.8. The Morgan fingerprint density at radius 1 is 1.17 bits per heavy atom. The lowest BCUT2D eigenvalue weighted by Gasteiger charge is -2.31. The Bertz CT molecular complexity index is 1020. The van der Waals surface area contributed by atoms with Gasteiger partial charge in [-0.05, 0) is 43.3 Å². The van der Waals surface area contributed by atoms with Crippen LogP contribution < -0.4 is 20.1 Å². The largest absolute Gasteiger partial charge is 0.493 e. The van der Waals surface area contributed by atoms with E-state index in [9.17, 15) is 4.79 Å². The topological polar surface area (TPSA) is 72.5 Å². The molecular formula is C23H25N3O3. The molecule has 29 heavy (non-hydrogen) atoms. The molecule has 1 saturated heterocycles. The van der Waals surface area contributed by atoms with Gasteiger partial charge in [-0.25, -0.2) is 4.98 Å². The first-order valence-corrected chi connectivity index (χ1v) is 9.81. The maximum Gasteiger partial charge on any atom is 0.227 e. The Hall–Kier alpha value is -3.12. The van der Waals surface area contributed by atoms with Gasteiger partial charge in [-0.2, -0.15) is 0 Å². The molecule has 1 amide bonds. The van der Waals surface area contributed by atoms with Crippen LogP contribution in [0.4, 0.5) is 5.69 Å². The summed E-state index contributed by atoms with van der Waals surface area (Å²) in [4.78, 5) is 17.1. The van der Waals surface area contributed by atoms with Crippen LogP contribution in [-0.2, 0) is 11.4 Å². The number of fused-ring (bicyclic) bond motifs is 1. The number of hydrogen-bond donors (Lipinski definition) is 2.